The second kappa shape index (κ2) is 8.42. The number of aliphatic hydroxyl groups excluding tert-OH is 1. The van der Waals surface area contributed by atoms with E-state index in [1.165, 1.54) is 4.57 Å². The summed E-state index contributed by atoms with van der Waals surface area (Å²) in [5, 5.41) is 17.3. The Morgan fingerprint density at radius 2 is 1.97 bits per heavy atom. The number of fused-ring (bicyclic) bond motifs is 2. The summed E-state index contributed by atoms with van der Waals surface area (Å²) < 4.78 is 29.2. The Bertz CT molecular complexity index is 1240. The minimum atomic E-state index is -2.48. The first-order valence-corrected chi connectivity index (χ1v) is 10.9. The fourth-order valence-electron chi connectivity index (χ4n) is 4.48. The number of aryl methyl sites for hydroxylation is 1. The fourth-order valence-corrected chi connectivity index (χ4v) is 4.48. The molecule has 168 valence electrons. The van der Waals surface area contributed by atoms with Gasteiger partial charge in [0.15, 0.2) is 5.65 Å². The highest BCUT2D eigenvalue weighted by molar-refractivity contribution is 5.82. The molecule has 0 amide bonds. The summed E-state index contributed by atoms with van der Waals surface area (Å²) in [6.07, 6.45) is 5.08. The van der Waals surface area contributed by atoms with E-state index in [2.05, 4.69) is 25.4 Å². The molecule has 0 radical (unpaired) electrons. The van der Waals surface area contributed by atoms with Crippen molar-refractivity contribution >= 4 is 22.6 Å². The van der Waals surface area contributed by atoms with Gasteiger partial charge in [0.1, 0.15) is 11.3 Å². The molecule has 0 unspecified atom stereocenters. The zero-order valence-corrected chi connectivity index (χ0v) is 17.7. The topological polar surface area (TPSA) is 93.2 Å². The van der Waals surface area contributed by atoms with Crippen LogP contribution in [-0.2, 0) is 6.54 Å². The summed E-state index contributed by atoms with van der Waals surface area (Å²) in [7, 11) is 0. The highest BCUT2D eigenvalue weighted by Crippen LogP contribution is 2.28. The van der Waals surface area contributed by atoms with Gasteiger partial charge in [0.2, 0.25) is 5.95 Å². The average molecular weight is 441 g/mol. The monoisotopic (exact) mass is 441 g/mol. The number of halogens is 2. The first-order valence-electron chi connectivity index (χ1n) is 10.9. The van der Waals surface area contributed by atoms with Gasteiger partial charge in [0.25, 0.3) is 6.43 Å². The molecule has 5 rings (SSSR count). The Kier molecular flexibility index (Phi) is 5.46. The van der Waals surface area contributed by atoms with Crippen molar-refractivity contribution in [2.45, 2.75) is 51.6 Å². The van der Waals surface area contributed by atoms with Crippen molar-refractivity contribution in [3.63, 3.8) is 0 Å². The first-order chi connectivity index (χ1) is 15.5. The zero-order valence-electron chi connectivity index (χ0n) is 17.7. The smallest absolute Gasteiger partial charge is 0.256 e. The van der Waals surface area contributed by atoms with Crippen LogP contribution in [0.4, 0.5) is 14.7 Å². The maximum atomic E-state index is 13.0. The van der Waals surface area contributed by atoms with Crippen molar-refractivity contribution in [2.24, 2.45) is 5.92 Å². The number of imidazole rings is 1. The largest absolute Gasteiger partial charge is 0.396 e. The van der Waals surface area contributed by atoms with Crippen LogP contribution in [0.2, 0.25) is 0 Å². The van der Waals surface area contributed by atoms with Gasteiger partial charge < -0.3 is 15.0 Å². The van der Waals surface area contributed by atoms with E-state index >= 15 is 0 Å². The van der Waals surface area contributed by atoms with Gasteiger partial charge in [-0.1, -0.05) is 0 Å². The van der Waals surface area contributed by atoms with E-state index < -0.39 is 13.0 Å². The second-order valence-electron chi connectivity index (χ2n) is 8.39. The highest BCUT2D eigenvalue weighted by atomic mass is 19.3. The molecule has 8 nitrogen and oxygen atoms in total. The third kappa shape index (κ3) is 3.90. The van der Waals surface area contributed by atoms with Gasteiger partial charge in [-0.25, -0.2) is 28.2 Å². The van der Waals surface area contributed by atoms with Gasteiger partial charge in [-0.15, -0.1) is 5.10 Å². The molecule has 2 N–H and O–H groups in total. The number of nitrogens with zero attached hydrogens (tertiary/aromatic N) is 6. The number of hydrogen-bond donors (Lipinski definition) is 2. The summed E-state index contributed by atoms with van der Waals surface area (Å²) in [4.78, 5) is 13.5. The van der Waals surface area contributed by atoms with E-state index in [1.807, 2.05) is 18.3 Å². The Hall–Kier alpha value is -3.14. The zero-order chi connectivity index (χ0) is 22.2. The molecule has 0 atom stereocenters. The summed E-state index contributed by atoms with van der Waals surface area (Å²) in [6, 6.07) is 5.83. The first kappa shape index (κ1) is 20.7. The predicted octanol–water partition coefficient (Wildman–Crippen LogP) is 3.68. The van der Waals surface area contributed by atoms with Crippen molar-refractivity contribution in [3.8, 4) is 11.3 Å². The Labute approximate surface area is 183 Å². The maximum absolute atomic E-state index is 13.0. The molecule has 0 aromatic carbocycles. The molecule has 0 saturated heterocycles. The Morgan fingerprint density at radius 1 is 1.16 bits per heavy atom. The van der Waals surface area contributed by atoms with Crippen LogP contribution in [0.5, 0.6) is 0 Å². The number of hydrogen-bond acceptors (Lipinski definition) is 6. The lowest BCUT2D eigenvalue weighted by atomic mass is 9.87. The number of rotatable bonds is 6. The summed E-state index contributed by atoms with van der Waals surface area (Å²) in [5.74, 6) is 1.47. The molecule has 0 aliphatic heterocycles. The summed E-state index contributed by atoms with van der Waals surface area (Å²) in [6.45, 7) is 1.52. The molecule has 32 heavy (non-hydrogen) atoms. The van der Waals surface area contributed by atoms with E-state index in [4.69, 9.17) is 0 Å². The van der Waals surface area contributed by atoms with Crippen LogP contribution >= 0.6 is 0 Å². The maximum Gasteiger partial charge on any atom is 0.256 e. The second-order valence-corrected chi connectivity index (χ2v) is 8.39. The van der Waals surface area contributed by atoms with Crippen LogP contribution in [0.1, 0.15) is 31.5 Å². The lowest BCUT2D eigenvalue weighted by molar-refractivity contribution is 0.127. The number of nitrogens with one attached hydrogen (secondary N) is 1. The van der Waals surface area contributed by atoms with Crippen LogP contribution in [0.25, 0.3) is 27.9 Å². The molecule has 4 aromatic rings. The van der Waals surface area contributed by atoms with Crippen LogP contribution in [0.15, 0.2) is 30.6 Å². The molecule has 4 heterocycles. The van der Waals surface area contributed by atoms with Crippen molar-refractivity contribution in [1.29, 1.82) is 0 Å². The van der Waals surface area contributed by atoms with Gasteiger partial charge >= 0.3 is 0 Å². The normalized spacial score (nSPS) is 19.3. The summed E-state index contributed by atoms with van der Waals surface area (Å²) >= 11 is 0. The fraction of sp³-hybridized carbons (Fsp3) is 0.455. The van der Waals surface area contributed by atoms with Gasteiger partial charge in [0, 0.05) is 24.4 Å². The number of alkyl halides is 2. The molecule has 1 aliphatic rings. The number of aromatic nitrogens is 6. The number of pyridine rings is 1. The van der Waals surface area contributed by atoms with E-state index in [0.717, 1.165) is 36.8 Å². The van der Waals surface area contributed by atoms with Crippen LogP contribution in [0, 0.1) is 12.8 Å². The third-order valence-corrected chi connectivity index (χ3v) is 6.23. The molecule has 1 saturated carbocycles. The van der Waals surface area contributed by atoms with Gasteiger partial charge in [0.05, 0.1) is 24.0 Å². The van der Waals surface area contributed by atoms with Gasteiger partial charge in [-0.2, -0.15) is 0 Å². The van der Waals surface area contributed by atoms with Crippen LogP contribution in [-0.4, -0.2) is 53.3 Å². The highest BCUT2D eigenvalue weighted by Gasteiger charge is 2.21. The Morgan fingerprint density at radius 3 is 2.72 bits per heavy atom. The number of aliphatic hydroxyl groups is 1. The minimum Gasteiger partial charge on any atom is -0.396 e. The van der Waals surface area contributed by atoms with Gasteiger partial charge in [-0.3, -0.25) is 0 Å². The lowest BCUT2D eigenvalue weighted by Gasteiger charge is -2.27. The van der Waals surface area contributed by atoms with E-state index in [9.17, 15) is 13.9 Å². The molecular weight excluding hydrogens is 416 g/mol. The molecule has 0 bridgehead atoms. The van der Waals surface area contributed by atoms with E-state index in [-0.39, 0.29) is 6.61 Å². The van der Waals surface area contributed by atoms with E-state index in [0.29, 0.717) is 40.6 Å². The van der Waals surface area contributed by atoms with Gasteiger partial charge in [-0.05, 0) is 56.7 Å². The van der Waals surface area contributed by atoms with Crippen LogP contribution in [0.3, 0.4) is 0 Å². The molecule has 0 spiro atoms. The predicted molar refractivity (Wildman–Crippen MR) is 117 cm³/mol. The molecule has 10 heteroatoms. The van der Waals surface area contributed by atoms with Crippen molar-refractivity contribution in [3.05, 3.63) is 36.4 Å². The minimum absolute atomic E-state index is 0.254. The molecular formula is C22H25F2N7O. The standard InChI is InChI=1S/C22H25F2N7O/c1-13-26-18-7-6-17(28-21(18)30(13)11-20(23)24)16-8-9-31-19(16)10-25-22(29-31)27-15-4-2-14(12-32)3-5-15/h6-10,14-15,20,32H,2-5,11-12H2,1H3,(H,27,29)/t14-,15+. The van der Waals surface area contributed by atoms with E-state index in [1.54, 1.807) is 23.7 Å². The average Bonchev–Trinajstić information content (AvgIpc) is 3.34. The summed E-state index contributed by atoms with van der Waals surface area (Å²) in [5.41, 5.74) is 3.29. The molecule has 1 aliphatic carbocycles. The number of anilines is 1. The Balaban J connectivity index is 1.42. The third-order valence-electron chi connectivity index (χ3n) is 6.23. The molecule has 1 fully saturated rings. The van der Waals surface area contributed by atoms with Crippen molar-refractivity contribution < 1.29 is 13.9 Å². The molecule has 4 aromatic heterocycles. The quantitative estimate of drug-likeness (QED) is 0.474. The SMILES string of the molecule is Cc1nc2ccc(-c3ccn4nc(N[C@H]5CC[C@@H](CO)CC5)ncc34)nc2n1CC(F)F. The van der Waals surface area contributed by atoms with Crippen LogP contribution < -0.4 is 5.32 Å². The van der Waals surface area contributed by atoms with Crippen molar-refractivity contribution in [1.82, 2.24) is 29.1 Å². The van der Waals surface area contributed by atoms with Crippen molar-refractivity contribution in [2.75, 3.05) is 11.9 Å². The lowest BCUT2D eigenvalue weighted by Crippen LogP contribution is -2.28.